The minimum atomic E-state index is -0.710. The number of ether oxygens (including phenoxy) is 1. The molecule has 23 heavy (non-hydrogen) atoms. The number of likely N-dealkylation sites (tertiary alicyclic amines) is 1. The number of rotatable bonds is 6. The van der Waals surface area contributed by atoms with Gasteiger partial charge < -0.3 is 20.1 Å². The summed E-state index contributed by atoms with van der Waals surface area (Å²) >= 11 is 0. The smallest absolute Gasteiger partial charge is 0.290 e. The first-order valence-electron chi connectivity index (χ1n) is 8.68. The van der Waals surface area contributed by atoms with Crippen molar-refractivity contribution in [1.29, 1.82) is 0 Å². The Morgan fingerprint density at radius 2 is 1.96 bits per heavy atom. The van der Waals surface area contributed by atoms with Gasteiger partial charge >= 0.3 is 0 Å². The van der Waals surface area contributed by atoms with E-state index in [-0.39, 0.29) is 12.4 Å². The summed E-state index contributed by atoms with van der Waals surface area (Å²) in [6, 6.07) is 0.815. The molecular formula is C17H32N2O4. The standard InChI is InChI=1S/C16H30N2O2.CH2O2/c1-4-20-16(2,3)15(19)17-11-13-9-10-18(12-13)14-7-5-6-8-14;2-1-3/h13-14H,4-12H2,1-3H3,(H,17,19);1H,(H,2,3). The summed E-state index contributed by atoms with van der Waals surface area (Å²) in [7, 11) is 0. The third-order valence-electron chi connectivity index (χ3n) is 4.76. The fraction of sp³-hybridized carbons (Fsp3) is 0.882. The molecule has 1 saturated heterocycles. The maximum Gasteiger partial charge on any atom is 0.290 e. The first-order valence-corrected chi connectivity index (χ1v) is 8.68. The van der Waals surface area contributed by atoms with Crippen LogP contribution in [0.1, 0.15) is 52.9 Å². The van der Waals surface area contributed by atoms with E-state index in [1.165, 1.54) is 38.6 Å². The van der Waals surface area contributed by atoms with Gasteiger partial charge in [-0.25, -0.2) is 0 Å². The minimum absolute atomic E-state index is 0.0127. The van der Waals surface area contributed by atoms with E-state index in [9.17, 15) is 4.79 Å². The Hall–Kier alpha value is -1.14. The molecule has 0 aromatic carbocycles. The Kier molecular flexibility index (Phi) is 8.55. The molecule has 0 aromatic rings. The molecule has 0 spiro atoms. The molecule has 0 aromatic heterocycles. The number of amides is 1. The van der Waals surface area contributed by atoms with Gasteiger partial charge in [0.15, 0.2) is 0 Å². The Bertz CT molecular complexity index is 368. The average Bonchev–Trinajstić information content (AvgIpc) is 3.16. The van der Waals surface area contributed by atoms with E-state index in [0.717, 1.165) is 19.1 Å². The molecular weight excluding hydrogens is 296 g/mol. The van der Waals surface area contributed by atoms with Crippen molar-refractivity contribution in [3.8, 4) is 0 Å². The SMILES string of the molecule is CCOC(C)(C)C(=O)NCC1CCN(C2CCCC2)C1.O=CO. The van der Waals surface area contributed by atoms with Gasteiger partial charge in [-0.05, 0) is 52.5 Å². The summed E-state index contributed by atoms with van der Waals surface area (Å²) in [4.78, 5) is 23.1. The monoisotopic (exact) mass is 328 g/mol. The van der Waals surface area contributed by atoms with E-state index in [1.807, 2.05) is 20.8 Å². The van der Waals surface area contributed by atoms with E-state index in [4.69, 9.17) is 14.6 Å². The molecule has 1 unspecified atom stereocenters. The highest BCUT2D eigenvalue weighted by Crippen LogP contribution is 2.28. The first kappa shape index (κ1) is 19.9. The van der Waals surface area contributed by atoms with Crippen molar-refractivity contribution < 1.29 is 19.4 Å². The van der Waals surface area contributed by atoms with Gasteiger partial charge in [0.2, 0.25) is 0 Å². The maximum absolute atomic E-state index is 12.1. The van der Waals surface area contributed by atoms with Crippen LogP contribution in [0.2, 0.25) is 0 Å². The van der Waals surface area contributed by atoms with Crippen LogP contribution in [0.25, 0.3) is 0 Å². The number of carboxylic acid groups (broad SMARTS) is 1. The van der Waals surface area contributed by atoms with Crippen molar-refractivity contribution in [2.45, 2.75) is 64.5 Å². The number of nitrogens with zero attached hydrogens (tertiary/aromatic N) is 1. The van der Waals surface area contributed by atoms with E-state index in [1.54, 1.807) is 0 Å². The number of carbonyl (C=O) groups is 2. The molecule has 1 heterocycles. The van der Waals surface area contributed by atoms with Crippen LogP contribution in [0.5, 0.6) is 0 Å². The van der Waals surface area contributed by atoms with Gasteiger partial charge in [0, 0.05) is 25.7 Å². The van der Waals surface area contributed by atoms with Crippen LogP contribution in [0.4, 0.5) is 0 Å². The highest BCUT2D eigenvalue weighted by atomic mass is 16.5. The second-order valence-corrected chi connectivity index (χ2v) is 6.85. The summed E-state index contributed by atoms with van der Waals surface area (Å²) in [6.07, 6.45) is 6.75. The Morgan fingerprint density at radius 1 is 1.35 bits per heavy atom. The highest BCUT2D eigenvalue weighted by Gasteiger charge is 2.32. The molecule has 1 atom stereocenters. The van der Waals surface area contributed by atoms with Crippen LogP contribution in [0.15, 0.2) is 0 Å². The van der Waals surface area contributed by atoms with Gasteiger partial charge in [-0.1, -0.05) is 12.8 Å². The second kappa shape index (κ2) is 9.88. The van der Waals surface area contributed by atoms with Crippen LogP contribution >= 0.6 is 0 Å². The van der Waals surface area contributed by atoms with Gasteiger partial charge in [-0.15, -0.1) is 0 Å². The predicted molar refractivity (Wildman–Crippen MR) is 89.3 cm³/mol. The molecule has 1 saturated carbocycles. The zero-order valence-electron chi connectivity index (χ0n) is 14.7. The average molecular weight is 328 g/mol. The van der Waals surface area contributed by atoms with Crippen molar-refractivity contribution in [1.82, 2.24) is 10.2 Å². The Balaban J connectivity index is 0.000000816. The third-order valence-corrected chi connectivity index (χ3v) is 4.76. The van der Waals surface area contributed by atoms with Crippen molar-refractivity contribution in [2.75, 3.05) is 26.2 Å². The fourth-order valence-corrected chi connectivity index (χ4v) is 3.51. The molecule has 134 valence electrons. The molecule has 1 aliphatic carbocycles. The lowest BCUT2D eigenvalue weighted by Crippen LogP contribution is -2.46. The fourth-order valence-electron chi connectivity index (χ4n) is 3.51. The van der Waals surface area contributed by atoms with Crippen LogP contribution < -0.4 is 5.32 Å². The lowest BCUT2D eigenvalue weighted by Gasteiger charge is -2.25. The zero-order valence-corrected chi connectivity index (χ0v) is 14.7. The lowest BCUT2D eigenvalue weighted by molar-refractivity contribution is -0.142. The Labute approximate surface area is 139 Å². The normalized spacial score (nSPS) is 22.5. The molecule has 2 rings (SSSR count). The summed E-state index contributed by atoms with van der Waals surface area (Å²) in [5.41, 5.74) is -0.710. The largest absolute Gasteiger partial charge is 0.483 e. The van der Waals surface area contributed by atoms with Crippen LogP contribution in [0.3, 0.4) is 0 Å². The number of carbonyl (C=O) groups excluding carboxylic acids is 1. The molecule has 0 bridgehead atoms. The van der Waals surface area contributed by atoms with E-state index in [2.05, 4.69) is 10.2 Å². The molecule has 2 N–H and O–H groups in total. The van der Waals surface area contributed by atoms with E-state index < -0.39 is 5.60 Å². The lowest BCUT2D eigenvalue weighted by atomic mass is 10.1. The molecule has 2 aliphatic rings. The molecule has 6 heteroatoms. The van der Waals surface area contributed by atoms with Crippen molar-refractivity contribution in [3.63, 3.8) is 0 Å². The van der Waals surface area contributed by atoms with Crippen molar-refractivity contribution >= 4 is 12.4 Å². The molecule has 0 radical (unpaired) electrons. The number of nitrogens with one attached hydrogen (secondary N) is 1. The zero-order chi connectivity index (χ0) is 17.3. The Morgan fingerprint density at radius 3 is 2.52 bits per heavy atom. The quantitative estimate of drug-likeness (QED) is 0.728. The van der Waals surface area contributed by atoms with Crippen LogP contribution in [-0.4, -0.2) is 60.3 Å². The van der Waals surface area contributed by atoms with Crippen LogP contribution in [0, 0.1) is 5.92 Å². The van der Waals surface area contributed by atoms with Crippen molar-refractivity contribution in [2.24, 2.45) is 5.92 Å². The second-order valence-electron chi connectivity index (χ2n) is 6.85. The molecule has 2 fully saturated rings. The van der Waals surface area contributed by atoms with Gasteiger partial charge in [-0.2, -0.15) is 0 Å². The summed E-state index contributed by atoms with van der Waals surface area (Å²) < 4.78 is 5.49. The topological polar surface area (TPSA) is 78.9 Å². The van der Waals surface area contributed by atoms with Gasteiger partial charge in [-0.3, -0.25) is 9.59 Å². The maximum atomic E-state index is 12.1. The van der Waals surface area contributed by atoms with Gasteiger partial charge in [0.25, 0.3) is 12.4 Å². The van der Waals surface area contributed by atoms with Crippen LogP contribution in [-0.2, 0) is 14.3 Å². The van der Waals surface area contributed by atoms with Crippen molar-refractivity contribution in [3.05, 3.63) is 0 Å². The summed E-state index contributed by atoms with van der Waals surface area (Å²) in [5.74, 6) is 0.621. The van der Waals surface area contributed by atoms with E-state index >= 15 is 0 Å². The summed E-state index contributed by atoms with van der Waals surface area (Å²) in [6.45, 7) is 9.07. The first-order chi connectivity index (χ1) is 10.9. The molecule has 1 aliphatic heterocycles. The van der Waals surface area contributed by atoms with Gasteiger partial charge in [0.05, 0.1) is 0 Å². The summed E-state index contributed by atoms with van der Waals surface area (Å²) in [5, 5.41) is 9.96. The highest BCUT2D eigenvalue weighted by molar-refractivity contribution is 5.84. The third kappa shape index (κ3) is 6.47. The van der Waals surface area contributed by atoms with Gasteiger partial charge in [0.1, 0.15) is 5.60 Å². The number of hydrogen-bond acceptors (Lipinski definition) is 4. The minimum Gasteiger partial charge on any atom is -0.483 e. The molecule has 6 nitrogen and oxygen atoms in total. The predicted octanol–water partition coefficient (Wildman–Crippen LogP) is 1.88. The number of hydrogen-bond donors (Lipinski definition) is 2. The molecule has 1 amide bonds. The van der Waals surface area contributed by atoms with E-state index in [0.29, 0.717) is 12.5 Å².